The normalized spacial score (nSPS) is 12.8. The summed E-state index contributed by atoms with van der Waals surface area (Å²) < 4.78 is 32.0. The van der Waals surface area contributed by atoms with Gasteiger partial charge in [-0.3, -0.25) is 0 Å². The number of hydrogen-bond acceptors (Lipinski definition) is 2. The molecule has 4 heteroatoms. The fourth-order valence-electron chi connectivity index (χ4n) is 1.65. The van der Waals surface area contributed by atoms with Gasteiger partial charge in [-0.1, -0.05) is 6.92 Å². The highest BCUT2D eigenvalue weighted by Crippen LogP contribution is 2.24. The van der Waals surface area contributed by atoms with E-state index in [1.54, 1.807) is 0 Å². The third-order valence-corrected chi connectivity index (χ3v) is 2.60. The molecule has 0 fully saturated rings. The molecule has 1 aromatic carbocycles. The van der Waals surface area contributed by atoms with Crippen LogP contribution in [0, 0.1) is 11.6 Å². The van der Waals surface area contributed by atoms with Gasteiger partial charge in [-0.25, -0.2) is 8.78 Å². The van der Waals surface area contributed by atoms with E-state index in [1.807, 2.05) is 6.92 Å². The molecule has 0 amide bonds. The first-order chi connectivity index (χ1) is 7.60. The Balaban J connectivity index is 3.00. The quantitative estimate of drug-likeness (QED) is 0.842. The van der Waals surface area contributed by atoms with Crippen molar-refractivity contribution in [1.29, 1.82) is 0 Å². The van der Waals surface area contributed by atoms with E-state index in [9.17, 15) is 8.78 Å². The minimum atomic E-state index is -0.429. The van der Waals surface area contributed by atoms with Gasteiger partial charge in [0.25, 0.3) is 0 Å². The van der Waals surface area contributed by atoms with Crippen molar-refractivity contribution in [1.82, 2.24) is 0 Å². The van der Waals surface area contributed by atoms with Crippen molar-refractivity contribution in [2.45, 2.75) is 25.9 Å². The molecule has 90 valence electrons. The average molecular weight is 229 g/mol. The molecule has 1 unspecified atom stereocenters. The van der Waals surface area contributed by atoms with Crippen LogP contribution in [0.25, 0.3) is 0 Å². The van der Waals surface area contributed by atoms with Gasteiger partial charge in [-0.2, -0.15) is 0 Å². The van der Waals surface area contributed by atoms with E-state index >= 15 is 0 Å². The smallest absolute Gasteiger partial charge is 0.129 e. The van der Waals surface area contributed by atoms with Crippen molar-refractivity contribution < 1.29 is 13.5 Å². The van der Waals surface area contributed by atoms with Crippen LogP contribution in [0.3, 0.4) is 0 Å². The highest BCUT2D eigenvalue weighted by molar-refractivity contribution is 5.28. The van der Waals surface area contributed by atoms with Crippen molar-refractivity contribution in [3.63, 3.8) is 0 Å². The molecule has 0 aliphatic heterocycles. The molecule has 2 nitrogen and oxygen atoms in total. The number of hydrogen-bond donors (Lipinski definition) is 1. The number of ether oxygens (including phenoxy) is 1. The Bertz CT molecular complexity index is 355. The van der Waals surface area contributed by atoms with Crippen LogP contribution in [-0.2, 0) is 11.3 Å². The first-order valence-electron chi connectivity index (χ1n) is 5.27. The first-order valence-corrected chi connectivity index (χ1v) is 5.27. The lowest BCUT2D eigenvalue weighted by Crippen LogP contribution is -2.07. The van der Waals surface area contributed by atoms with Gasteiger partial charge in [0.2, 0.25) is 0 Å². The summed E-state index contributed by atoms with van der Waals surface area (Å²) in [5, 5.41) is 0. The molecule has 0 bridgehead atoms. The molecule has 0 heterocycles. The molecule has 16 heavy (non-hydrogen) atoms. The SMILES string of the molecule is COCc1cc(F)c(C(C)CCN)cc1F. The van der Waals surface area contributed by atoms with E-state index in [0.29, 0.717) is 18.5 Å². The van der Waals surface area contributed by atoms with Gasteiger partial charge >= 0.3 is 0 Å². The molecule has 0 aromatic heterocycles. The van der Waals surface area contributed by atoms with Crippen LogP contribution in [0.15, 0.2) is 12.1 Å². The molecular formula is C12H17F2NO. The van der Waals surface area contributed by atoms with Gasteiger partial charge < -0.3 is 10.5 Å². The number of methoxy groups -OCH3 is 1. The van der Waals surface area contributed by atoms with E-state index in [2.05, 4.69) is 0 Å². The Labute approximate surface area is 94.4 Å². The summed E-state index contributed by atoms with van der Waals surface area (Å²) in [6, 6.07) is 2.44. The van der Waals surface area contributed by atoms with Gasteiger partial charge in [0, 0.05) is 12.7 Å². The maximum Gasteiger partial charge on any atom is 0.129 e. The highest BCUT2D eigenvalue weighted by Gasteiger charge is 2.14. The van der Waals surface area contributed by atoms with Crippen molar-refractivity contribution in [2.24, 2.45) is 5.73 Å². The largest absolute Gasteiger partial charge is 0.380 e. The monoisotopic (exact) mass is 229 g/mol. The second-order valence-corrected chi connectivity index (χ2v) is 3.88. The summed E-state index contributed by atoms with van der Waals surface area (Å²) in [4.78, 5) is 0. The van der Waals surface area contributed by atoms with Gasteiger partial charge in [0.05, 0.1) is 6.61 Å². The Morgan fingerprint density at radius 1 is 1.31 bits per heavy atom. The Kier molecular flexibility index (Phi) is 4.83. The van der Waals surface area contributed by atoms with Crippen molar-refractivity contribution >= 4 is 0 Å². The Hall–Kier alpha value is -1.00. The molecular weight excluding hydrogens is 212 g/mol. The lowest BCUT2D eigenvalue weighted by atomic mass is 9.96. The molecule has 0 saturated heterocycles. The van der Waals surface area contributed by atoms with Crippen LogP contribution in [0.1, 0.15) is 30.4 Å². The third-order valence-electron chi connectivity index (χ3n) is 2.60. The number of rotatable bonds is 5. The summed E-state index contributed by atoms with van der Waals surface area (Å²) in [6.07, 6.45) is 0.639. The zero-order valence-electron chi connectivity index (χ0n) is 9.59. The van der Waals surface area contributed by atoms with E-state index in [-0.39, 0.29) is 18.1 Å². The molecule has 1 aromatic rings. The minimum Gasteiger partial charge on any atom is -0.380 e. The van der Waals surface area contributed by atoms with Gasteiger partial charge in [0.1, 0.15) is 11.6 Å². The Morgan fingerprint density at radius 2 is 2.00 bits per heavy atom. The maximum atomic E-state index is 13.7. The fraction of sp³-hybridized carbons (Fsp3) is 0.500. The fourth-order valence-corrected chi connectivity index (χ4v) is 1.65. The third kappa shape index (κ3) is 3.00. The molecule has 0 aliphatic rings. The summed E-state index contributed by atoms with van der Waals surface area (Å²) >= 11 is 0. The van der Waals surface area contributed by atoms with Crippen LogP contribution < -0.4 is 5.73 Å². The zero-order valence-corrected chi connectivity index (χ0v) is 9.59. The Morgan fingerprint density at radius 3 is 2.56 bits per heavy atom. The second-order valence-electron chi connectivity index (χ2n) is 3.88. The van der Waals surface area contributed by atoms with Crippen LogP contribution in [0.2, 0.25) is 0 Å². The van der Waals surface area contributed by atoms with Gasteiger partial charge in [-0.05, 0) is 36.6 Å². The van der Waals surface area contributed by atoms with Gasteiger partial charge in [0.15, 0.2) is 0 Å². The minimum absolute atomic E-state index is 0.0731. The number of nitrogens with two attached hydrogens (primary N) is 1. The van der Waals surface area contributed by atoms with Crippen molar-refractivity contribution in [3.8, 4) is 0 Å². The topological polar surface area (TPSA) is 35.2 Å². The summed E-state index contributed by atoms with van der Waals surface area (Å²) in [7, 11) is 1.45. The standard InChI is InChI=1S/C12H17F2NO/c1-8(3-4-15)10-6-11(13)9(7-16-2)5-12(10)14/h5-6,8H,3-4,7,15H2,1-2H3. The predicted octanol–water partition coefficient (Wildman–Crippen LogP) is 2.56. The van der Waals surface area contributed by atoms with Crippen molar-refractivity contribution in [3.05, 3.63) is 34.9 Å². The maximum absolute atomic E-state index is 13.7. The van der Waals surface area contributed by atoms with E-state index in [0.717, 1.165) is 0 Å². The predicted molar refractivity (Wildman–Crippen MR) is 59.2 cm³/mol. The summed E-state index contributed by atoms with van der Waals surface area (Å²) in [5.74, 6) is -0.896. The number of benzene rings is 1. The molecule has 0 spiro atoms. The highest BCUT2D eigenvalue weighted by atomic mass is 19.1. The summed E-state index contributed by atoms with van der Waals surface area (Å²) in [6.45, 7) is 2.37. The molecule has 2 N–H and O–H groups in total. The average Bonchev–Trinajstić information content (AvgIpc) is 2.23. The van der Waals surface area contributed by atoms with E-state index in [1.165, 1.54) is 19.2 Å². The lowest BCUT2D eigenvalue weighted by Gasteiger charge is -2.13. The lowest BCUT2D eigenvalue weighted by molar-refractivity contribution is 0.181. The van der Waals surface area contributed by atoms with Crippen LogP contribution in [-0.4, -0.2) is 13.7 Å². The molecule has 1 rings (SSSR count). The van der Waals surface area contributed by atoms with Gasteiger partial charge in [-0.15, -0.1) is 0 Å². The van der Waals surface area contributed by atoms with E-state index < -0.39 is 11.6 Å². The first kappa shape index (κ1) is 13.1. The summed E-state index contributed by atoms with van der Waals surface area (Å²) in [5.41, 5.74) is 6.01. The second kappa shape index (κ2) is 5.92. The van der Waals surface area contributed by atoms with Crippen LogP contribution in [0.4, 0.5) is 8.78 Å². The van der Waals surface area contributed by atoms with Crippen LogP contribution in [0.5, 0.6) is 0 Å². The van der Waals surface area contributed by atoms with E-state index in [4.69, 9.17) is 10.5 Å². The molecule has 0 radical (unpaired) electrons. The van der Waals surface area contributed by atoms with Crippen LogP contribution >= 0.6 is 0 Å². The van der Waals surface area contributed by atoms with Crippen molar-refractivity contribution in [2.75, 3.05) is 13.7 Å². The zero-order chi connectivity index (χ0) is 12.1. The molecule has 0 aliphatic carbocycles. The molecule has 0 saturated carbocycles. The molecule has 1 atom stereocenters. The number of halogens is 2.